The van der Waals surface area contributed by atoms with Gasteiger partial charge in [-0.2, -0.15) is 0 Å². The van der Waals surface area contributed by atoms with Crippen molar-refractivity contribution >= 4 is 17.5 Å². The van der Waals surface area contributed by atoms with E-state index in [1.165, 1.54) is 12.1 Å². The molecule has 1 aromatic carbocycles. The molecule has 0 unspecified atom stereocenters. The zero-order valence-corrected chi connectivity index (χ0v) is 11.3. The first kappa shape index (κ1) is 14.3. The number of hydrogen-bond donors (Lipinski definition) is 2. The quantitative estimate of drug-likeness (QED) is 0.893. The summed E-state index contributed by atoms with van der Waals surface area (Å²) in [5.41, 5.74) is -0.331. The molecule has 1 amide bonds. The summed E-state index contributed by atoms with van der Waals surface area (Å²) in [6.45, 7) is -0.0796. The van der Waals surface area contributed by atoms with Gasteiger partial charge in [0.05, 0.1) is 18.6 Å². The maximum absolute atomic E-state index is 13.6. The number of nitrogens with one attached hydrogen (secondary N) is 1. The first-order valence-corrected chi connectivity index (χ1v) is 6.79. The molecule has 1 aliphatic carbocycles. The van der Waals surface area contributed by atoms with Crippen LogP contribution in [-0.2, 0) is 11.2 Å². The summed E-state index contributed by atoms with van der Waals surface area (Å²) in [5.74, 6) is -0.782. The standard InChI is InChI=1S/C14H17ClFNO2/c15-11-4-3-5-12(16)10(11)8-13(19)17-14(9-18)6-1-2-7-14/h3-5,18H,1-2,6-9H2,(H,17,19). The monoisotopic (exact) mass is 285 g/mol. The summed E-state index contributed by atoms with van der Waals surface area (Å²) in [5, 5.41) is 12.5. The summed E-state index contributed by atoms with van der Waals surface area (Å²) < 4.78 is 13.6. The van der Waals surface area contributed by atoms with E-state index in [4.69, 9.17) is 11.6 Å². The average molecular weight is 286 g/mol. The Morgan fingerprint density at radius 1 is 1.42 bits per heavy atom. The van der Waals surface area contributed by atoms with E-state index in [0.717, 1.165) is 25.7 Å². The Balaban J connectivity index is 2.05. The number of rotatable bonds is 4. The van der Waals surface area contributed by atoms with Crippen LogP contribution in [0.5, 0.6) is 0 Å². The SMILES string of the molecule is O=C(Cc1c(F)cccc1Cl)NC1(CO)CCCC1. The van der Waals surface area contributed by atoms with E-state index < -0.39 is 11.4 Å². The van der Waals surface area contributed by atoms with Crippen LogP contribution in [-0.4, -0.2) is 23.2 Å². The smallest absolute Gasteiger partial charge is 0.225 e. The second kappa shape index (κ2) is 5.88. The molecule has 5 heteroatoms. The molecule has 0 saturated heterocycles. The van der Waals surface area contributed by atoms with Gasteiger partial charge in [-0.3, -0.25) is 4.79 Å². The largest absolute Gasteiger partial charge is 0.394 e. The van der Waals surface area contributed by atoms with Gasteiger partial charge in [-0.05, 0) is 25.0 Å². The van der Waals surface area contributed by atoms with Crippen molar-refractivity contribution in [2.24, 2.45) is 0 Å². The van der Waals surface area contributed by atoms with E-state index in [-0.39, 0.29) is 29.5 Å². The maximum atomic E-state index is 13.6. The number of carbonyl (C=O) groups is 1. The number of hydrogen-bond acceptors (Lipinski definition) is 2. The van der Waals surface area contributed by atoms with Gasteiger partial charge in [-0.15, -0.1) is 0 Å². The second-order valence-electron chi connectivity index (χ2n) is 5.07. The zero-order valence-electron chi connectivity index (χ0n) is 10.6. The number of aliphatic hydroxyl groups is 1. The van der Waals surface area contributed by atoms with Gasteiger partial charge in [0.15, 0.2) is 0 Å². The van der Waals surface area contributed by atoms with Crippen molar-refractivity contribution in [3.63, 3.8) is 0 Å². The third kappa shape index (κ3) is 3.25. The number of halogens is 2. The van der Waals surface area contributed by atoms with Gasteiger partial charge in [0.25, 0.3) is 0 Å². The van der Waals surface area contributed by atoms with Crippen molar-refractivity contribution in [2.45, 2.75) is 37.6 Å². The number of benzene rings is 1. The van der Waals surface area contributed by atoms with Crippen LogP contribution in [0.25, 0.3) is 0 Å². The molecular weight excluding hydrogens is 269 g/mol. The Morgan fingerprint density at radius 2 is 2.11 bits per heavy atom. The molecule has 1 fully saturated rings. The highest BCUT2D eigenvalue weighted by Gasteiger charge is 2.34. The van der Waals surface area contributed by atoms with E-state index in [0.29, 0.717) is 0 Å². The van der Waals surface area contributed by atoms with Crippen molar-refractivity contribution in [3.8, 4) is 0 Å². The van der Waals surface area contributed by atoms with Gasteiger partial charge >= 0.3 is 0 Å². The lowest BCUT2D eigenvalue weighted by Crippen LogP contribution is -2.49. The highest BCUT2D eigenvalue weighted by atomic mass is 35.5. The molecular formula is C14H17ClFNO2. The lowest BCUT2D eigenvalue weighted by molar-refractivity contribution is -0.123. The first-order chi connectivity index (χ1) is 9.06. The van der Waals surface area contributed by atoms with Crippen LogP contribution in [0, 0.1) is 5.82 Å². The van der Waals surface area contributed by atoms with Crippen molar-refractivity contribution in [3.05, 3.63) is 34.6 Å². The van der Waals surface area contributed by atoms with Gasteiger partial charge in [0.2, 0.25) is 5.91 Å². The van der Waals surface area contributed by atoms with Crippen molar-refractivity contribution < 1.29 is 14.3 Å². The Hall–Kier alpha value is -1.13. The third-order valence-electron chi connectivity index (χ3n) is 3.67. The van der Waals surface area contributed by atoms with Gasteiger partial charge in [-0.25, -0.2) is 4.39 Å². The van der Waals surface area contributed by atoms with Crippen molar-refractivity contribution in [1.82, 2.24) is 5.32 Å². The molecule has 1 aromatic rings. The highest BCUT2D eigenvalue weighted by Crippen LogP contribution is 2.29. The topological polar surface area (TPSA) is 49.3 Å². The van der Waals surface area contributed by atoms with Crippen LogP contribution in [0.2, 0.25) is 5.02 Å². The zero-order chi connectivity index (χ0) is 13.9. The van der Waals surface area contributed by atoms with Gasteiger partial charge in [0.1, 0.15) is 5.82 Å². The molecule has 2 N–H and O–H groups in total. The summed E-state index contributed by atoms with van der Waals surface area (Å²) in [4.78, 5) is 12.0. The second-order valence-corrected chi connectivity index (χ2v) is 5.48. The lowest BCUT2D eigenvalue weighted by atomic mass is 9.98. The van der Waals surface area contributed by atoms with Gasteiger partial charge < -0.3 is 10.4 Å². The lowest BCUT2D eigenvalue weighted by Gasteiger charge is -2.28. The fourth-order valence-corrected chi connectivity index (χ4v) is 2.81. The predicted molar refractivity (Wildman–Crippen MR) is 71.5 cm³/mol. The maximum Gasteiger partial charge on any atom is 0.225 e. The van der Waals surface area contributed by atoms with E-state index in [1.807, 2.05) is 0 Å². The minimum absolute atomic E-state index is 0.0796. The molecule has 0 aliphatic heterocycles. The molecule has 1 saturated carbocycles. The molecule has 0 atom stereocenters. The van der Waals surface area contributed by atoms with E-state index >= 15 is 0 Å². The van der Waals surface area contributed by atoms with Crippen LogP contribution in [0.4, 0.5) is 4.39 Å². The average Bonchev–Trinajstić information content (AvgIpc) is 2.83. The molecule has 3 nitrogen and oxygen atoms in total. The molecule has 104 valence electrons. The summed E-state index contributed by atoms with van der Waals surface area (Å²) >= 11 is 5.89. The summed E-state index contributed by atoms with van der Waals surface area (Å²) in [6.07, 6.45) is 3.40. The first-order valence-electron chi connectivity index (χ1n) is 6.41. The van der Waals surface area contributed by atoms with Gasteiger partial charge in [0, 0.05) is 10.6 Å². The Morgan fingerprint density at radius 3 is 2.68 bits per heavy atom. The molecule has 0 bridgehead atoms. The van der Waals surface area contributed by atoms with Gasteiger partial charge in [-0.1, -0.05) is 30.5 Å². The van der Waals surface area contributed by atoms with Crippen LogP contribution in [0.15, 0.2) is 18.2 Å². The minimum Gasteiger partial charge on any atom is -0.394 e. The third-order valence-corrected chi connectivity index (χ3v) is 4.02. The molecule has 1 aliphatic rings. The van der Waals surface area contributed by atoms with Crippen molar-refractivity contribution in [2.75, 3.05) is 6.61 Å². The van der Waals surface area contributed by atoms with E-state index in [1.54, 1.807) is 6.07 Å². The van der Waals surface area contributed by atoms with Crippen LogP contribution < -0.4 is 5.32 Å². The Labute approximate surface area is 116 Å². The van der Waals surface area contributed by atoms with Crippen LogP contribution >= 0.6 is 11.6 Å². The molecule has 0 radical (unpaired) electrons. The summed E-state index contributed by atoms with van der Waals surface area (Å²) in [6, 6.07) is 4.35. The minimum atomic E-state index is -0.533. The number of amides is 1. The molecule has 0 aromatic heterocycles. The molecule has 0 spiro atoms. The van der Waals surface area contributed by atoms with Crippen LogP contribution in [0.3, 0.4) is 0 Å². The number of carbonyl (C=O) groups excluding carboxylic acids is 1. The molecule has 2 rings (SSSR count). The fraction of sp³-hybridized carbons (Fsp3) is 0.500. The van der Waals surface area contributed by atoms with Crippen LogP contribution in [0.1, 0.15) is 31.2 Å². The Kier molecular flexibility index (Phi) is 4.42. The van der Waals surface area contributed by atoms with E-state index in [9.17, 15) is 14.3 Å². The highest BCUT2D eigenvalue weighted by molar-refractivity contribution is 6.31. The predicted octanol–water partition coefficient (Wildman–Crippen LogP) is 2.44. The Bertz CT molecular complexity index is 452. The number of aliphatic hydroxyl groups excluding tert-OH is 1. The molecule has 19 heavy (non-hydrogen) atoms. The summed E-state index contributed by atoms with van der Waals surface area (Å²) in [7, 11) is 0. The normalized spacial score (nSPS) is 17.4. The van der Waals surface area contributed by atoms with E-state index in [2.05, 4.69) is 5.32 Å². The fourth-order valence-electron chi connectivity index (χ4n) is 2.58. The molecule has 0 heterocycles. The van der Waals surface area contributed by atoms with Crippen molar-refractivity contribution in [1.29, 1.82) is 0 Å².